The van der Waals surface area contributed by atoms with E-state index in [4.69, 9.17) is 0 Å². The second-order valence-corrected chi connectivity index (χ2v) is 3.38. The number of nitrogens with zero attached hydrogens (tertiary/aromatic N) is 2. The van der Waals surface area contributed by atoms with Gasteiger partial charge in [-0.2, -0.15) is 0 Å². The summed E-state index contributed by atoms with van der Waals surface area (Å²) in [7, 11) is 0. The molecule has 0 saturated carbocycles. The van der Waals surface area contributed by atoms with Crippen LogP contribution in [0.5, 0.6) is 0 Å². The summed E-state index contributed by atoms with van der Waals surface area (Å²) in [4.78, 5) is 6.59. The first kappa shape index (κ1) is 9.52. The van der Waals surface area contributed by atoms with Crippen LogP contribution in [0.4, 0.5) is 5.13 Å². The van der Waals surface area contributed by atoms with Crippen molar-refractivity contribution in [2.75, 3.05) is 18.0 Å². The Bertz CT molecular complexity index is 190. The van der Waals surface area contributed by atoms with Crippen LogP contribution in [0.2, 0.25) is 0 Å². The summed E-state index contributed by atoms with van der Waals surface area (Å²) in [5, 5.41) is 3.23. The zero-order valence-electron chi connectivity index (χ0n) is 7.79. The topological polar surface area (TPSA) is 16.1 Å². The van der Waals surface area contributed by atoms with Crippen LogP contribution in [0.3, 0.4) is 0 Å². The van der Waals surface area contributed by atoms with Crippen LogP contribution in [0.1, 0.15) is 26.7 Å². The Morgan fingerprint density at radius 3 is 2.50 bits per heavy atom. The molecule has 1 fully saturated rings. The van der Waals surface area contributed by atoms with E-state index in [9.17, 15) is 0 Å². The van der Waals surface area contributed by atoms with Gasteiger partial charge in [0.15, 0.2) is 5.13 Å². The highest BCUT2D eigenvalue weighted by molar-refractivity contribution is 7.13. The third-order valence-corrected chi connectivity index (χ3v) is 2.63. The SMILES string of the molecule is CC.c1csc(N2CCCC2)n1. The molecule has 68 valence electrons. The molecule has 0 aromatic carbocycles. The van der Waals surface area contributed by atoms with Crippen molar-refractivity contribution in [1.82, 2.24) is 4.98 Å². The molecular formula is C9H16N2S. The van der Waals surface area contributed by atoms with Gasteiger partial charge in [0.2, 0.25) is 0 Å². The monoisotopic (exact) mass is 184 g/mol. The fourth-order valence-electron chi connectivity index (χ4n) is 1.28. The van der Waals surface area contributed by atoms with Crippen molar-refractivity contribution >= 4 is 16.5 Å². The van der Waals surface area contributed by atoms with Gasteiger partial charge < -0.3 is 4.90 Å². The van der Waals surface area contributed by atoms with Crippen LogP contribution in [0, 0.1) is 0 Å². The molecule has 0 amide bonds. The number of thiazole rings is 1. The molecule has 1 aliphatic rings. The molecule has 0 atom stereocenters. The Hall–Kier alpha value is -0.570. The van der Waals surface area contributed by atoms with Crippen molar-refractivity contribution in [3.05, 3.63) is 11.6 Å². The van der Waals surface area contributed by atoms with Gasteiger partial charge in [-0.3, -0.25) is 0 Å². The molecule has 0 bridgehead atoms. The average molecular weight is 184 g/mol. The molecule has 1 aromatic heterocycles. The molecule has 2 nitrogen and oxygen atoms in total. The van der Waals surface area contributed by atoms with E-state index in [0.29, 0.717) is 0 Å². The standard InChI is InChI=1S/C7H10N2S.C2H6/c1-2-5-9(4-1)7-8-3-6-10-7;1-2/h3,6H,1-2,4-5H2;1-2H3. The first-order chi connectivity index (χ1) is 5.97. The van der Waals surface area contributed by atoms with Gasteiger partial charge in [-0.25, -0.2) is 4.98 Å². The Morgan fingerprint density at radius 2 is 2.00 bits per heavy atom. The van der Waals surface area contributed by atoms with Crippen LogP contribution in [0.25, 0.3) is 0 Å². The number of hydrogen-bond acceptors (Lipinski definition) is 3. The molecule has 2 heterocycles. The number of anilines is 1. The Balaban J connectivity index is 0.000000336. The maximum absolute atomic E-state index is 4.24. The van der Waals surface area contributed by atoms with Gasteiger partial charge in [0.05, 0.1) is 0 Å². The van der Waals surface area contributed by atoms with E-state index in [1.165, 1.54) is 31.1 Å². The third-order valence-electron chi connectivity index (χ3n) is 1.80. The minimum atomic E-state index is 1.19. The van der Waals surface area contributed by atoms with Crippen molar-refractivity contribution in [3.63, 3.8) is 0 Å². The summed E-state index contributed by atoms with van der Waals surface area (Å²) >= 11 is 1.74. The minimum Gasteiger partial charge on any atom is -0.348 e. The van der Waals surface area contributed by atoms with Gasteiger partial charge in [-0.15, -0.1) is 11.3 Å². The van der Waals surface area contributed by atoms with Crippen LogP contribution in [-0.4, -0.2) is 18.1 Å². The van der Waals surface area contributed by atoms with Crippen LogP contribution in [0.15, 0.2) is 11.6 Å². The smallest absolute Gasteiger partial charge is 0.185 e. The fourth-order valence-corrected chi connectivity index (χ4v) is 1.98. The fraction of sp³-hybridized carbons (Fsp3) is 0.667. The van der Waals surface area contributed by atoms with E-state index in [2.05, 4.69) is 9.88 Å². The molecule has 0 spiro atoms. The quantitative estimate of drug-likeness (QED) is 0.667. The maximum Gasteiger partial charge on any atom is 0.185 e. The largest absolute Gasteiger partial charge is 0.348 e. The van der Waals surface area contributed by atoms with Crippen molar-refractivity contribution in [2.24, 2.45) is 0 Å². The summed E-state index contributed by atoms with van der Waals surface area (Å²) < 4.78 is 0. The minimum absolute atomic E-state index is 1.19. The van der Waals surface area contributed by atoms with Crippen LogP contribution in [-0.2, 0) is 0 Å². The van der Waals surface area contributed by atoms with Gasteiger partial charge >= 0.3 is 0 Å². The number of hydrogen-bond donors (Lipinski definition) is 0. The van der Waals surface area contributed by atoms with E-state index in [0.717, 1.165) is 0 Å². The van der Waals surface area contributed by atoms with E-state index in [-0.39, 0.29) is 0 Å². The summed E-state index contributed by atoms with van der Waals surface area (Å²) in [5.74, 6) is 0. The highest BCUT2D eigenvalue weighted by Gasteiger charge is 2.13. The lowest BCUT2D eigenvalue weighted by Gasteiger charge is -2.11. The third kappa shape index (κ3) is 2.21. The van der Waals surface area contributed by atoms with Crippen molar-refractivity contribution in [3.8, 4) is 0 Å². The lowest BCUT2D eigenvalue weighted by atomic mass is 10.4. The van der Waals surface area contributed by atoms with Crippen LogP contribution >= 0.6 is 11.3 Å². The summed E-state index contributed by atoms with van der Waals surface area (Å²) in [6.07, 6.45) is 4.54. The average Bonchev–Trinajstić information content (AvgIpc) is 2.80. The molecule has 1 aliphatic heterocycles. The second kappa shape index (κ2) is 5.14. The van der Waals surface area contributed by atoms with Crippen molar-refractivity contribution in [2.45, 2.75) is 26.7 Å². The van der Waals surface area contributed by atoms with Gasteiger partial charge in [0.25, 0.3) is 0 Å². The molecule has 0 unspecified atom stereocenters. The highest BCUT2D eigenvalue weighted by Crippen LogP contribution is 2.21. The summed E-state index contributed by atoms with van der Waals surface area (Å²) in [5.41, 5.74) is 0. The second-order valence-electron chi connectivity index (χ2n) is 2.51. The Morgan fingerprint density at radius 1 is 1.33 bits per heavy atom. The molecule has 2 rings (SSSR count). The lowest BCUT2D eigenvalue weighted by molar-refractivity contribution is 0.949. The summed E-state index contributed by atoms with van der Waals surface area (Å²) in [6.45, 7) is 6.40. The van der Waals surface area contributed by atoms with Gasteiger partial charge in [-0.05, 0) is 12.8 Å². The first-order valence-electron chi connectivity index (χ1n) is 4.61. The molecule has 0 N–H and O–H groups in total. The number of aromatic nitrogens is 1. The van der Waals surface area contributed by atoms with E-state index >= 15 is 0 Å². The molecule has 0 radical (unpaired) electrons. The van der Waals surface area contributed by atoms with Gasteiger partial charge in [0, 0.05) is 24.7 Å². The lowest BCUT2D eigenvalue weighted by Crippen LogP contribution is -2.16. The van der Waals surface area contributed by atoms with Crippen molar-refractivity contribution in [1.29, 1.82) is 0 Å². The van der Waals surface area contributed by atoms with E-state index in [1.807, 2.05) is 25.4 Å². The first-order valence-corrected chi connectivity index (χ1v) is 5.49. The normalized spacial score (nSPS) is 15.7. The zero-order valence-corrected chi connectivity index (χ0v) is 8.60. The van der Waals surface area contributed by atoms with E-state index < -0.39 is 0 Å². The maximum atomic E-state index is 4.24. The summed E-state index contributed by atoms with van der Waals surface area (Å²) in [6, 6.07) is 0. The molecule has 3 heteroatoms. The van der Waals surface area contributed by atoms with Gasteiger partial charge in [0.1, 0.15) is 0 Å². The van der Waals surface area contributed by atoms with Gasteiger partial charge in [-0.1, -0.05) is 13.8 Å². The van der Waals surface area contributed by atoms with Crippen molar-refractivity contribution < 1.29 is 0 Å². The Labute approximate surface area is 78.2 Å². The zero-order chi connectivity index (χ0) is 8.81. The molecule has 12 heavy (non-hydrogen) atoms. The highest BCUT2D eigenvalue weighted by atomic mass is 32.1. The number of rotatable bonds is 1. The van der Waals surface area contributed by atoms with Crippen LogP contribution < -0.4 is 4.90 Å². The predicted octanol–water partition coefficient (Wildman–Crippen LogP) is 2.77. The van der Waals surface area contributed by atoms with E-state index in [1.54, 1.807) is 11.3 Å². The molecule has 1 aromatic rings. The molecule has 1 saturated heterocycles. The predicted molar refractivity (Wildman–Crippen MR) is 54.9 cm³/mol. The Kier molecular flexibility index (Phi) is 4.08. The molecule has 0 aliphatic carbocycles. The molecular weight excluding hydrogens is 168 g/mol.